The number of carboxylic acids is 1. The molecule has 4 N–H and O–H groups in total. The Hall–Kier alpha value is -1.66. The smallest absolute Gasteiger partial charge is 0.305 e. The minimum absolute atomic E-state index is 0.00753. The Morgan fingerprint density at radius 1 is 0.475 bits per heavy atom. The lowest BCUT2D eigenvalue weighted by Gasteiger charge is -2.22. The van der Waals surface area contributed by atoms with E-state index in [0.29, 0.717) is 25.5 Å². The van der Waals surface area contributed by atoms with Gasteiger partial charge in [-0.3, -0.25) is 9.59 Å². The molecule has 0 rings (SSSR count). The van der Waals surface area contributed by atoms with Crippen molar-refractivity contribution in [1.82, 2.24) is 5.32 Å². The first-order valence-electron chi connectivity index (χ1n) is 27.1. The average Bonchev–Trinajstić information content (AvgIpc) is 3.24. The quantitative estimate of drug-likeness (QED) is 0.0320. The van der Waals surface area contributed by atoms with Crippen molar-refractivity contribution < 1.29 is 19.4 Å². The number of nitrogens with two attached hydrogens (primary N) is 1. The van der Waals surface area contributed by atoms with Crippen LogP contribution in [-0.2, 0) is 14.3 Å². The molecule has 6 heteroatoms. The summed E-state index contributed by atoms with van der Waals surface area (Å²) >= 11 is 0. The largest absolute Gasteiger partial charge is 0.481 e. The number of carbonyl (C=O) groups excluding carboxylic acids is 1. The van der Waals surface area contributed by atoms with Gasteiger partial charge in [0.25, 0.3) is 0 Å². The number of rotatable bonds is 51. The fraction of sp³-hybridized carbons (Fsp3) is 0.891. The molecule has 0 aromatic rings. The van der Waals surface area contributed by atoms with Gasteiger partial charge in [0.05, 0.1) is 6.61 Å². The molecule has 0 fully saturated rings. The van der Waals surface area contributed by atoms with Crippen LogP contribution in [0.25, 0.3) is 0 Å². The van der Waals surface area contributed by atoms with Crippen molar-refractivity contribution in [2.45, 2.75) is 302 Å². The number of esters is 1. The fourth-order valence-electron chi connectivity index (χ4n) is 8.42. The van der Waals surface area contributed by atoms with Gasteiger partial charge in [0.2, 0.25) is 0 Å². The summed E-state index contributed by atoms with van der Waals surface area (Å²) in [7, 11) is 0. The van der Waals surface area contributed by atoms with Crippen molar-refractivity contribution in [3.63, 3.8) is 0 Å². The van der Waals surface area contributed by atoms with Crippen molar-refractivity contribution in [3.8, 4) is 0 Å². The summed E-state index contributed by atoms with van der Waals surface area (Å²) in [5, 5.41) is 12.4. The maximum Gasteiger partial charge on any atom is 0.305 e. The molecule has 0 spiro atoms. The lowest BCUT2D eigenvalue weighted by Crippen LogP contribution is -2.43. The Bertz CT molecular complexity index is 950. The number of hydrogen-bond acceptors (Lipinski definition) is 5. The third kappa shape index (κ3) is 50.9. The summed E-state index contributed by atoms with van der Waals surface area (Å²) in [6.07, 6.45) is 62.5. The molecule has 0 aliphatic rings. The predicted molar refractivity (Wildman–Crippen MR) is 267 cm³/mol. The van der Waals surface area contributed by atoms with Crippen molar-refractivity contribution in [2.75, 3.05) is 13.2 Å². The second-order valence-electron chi connectivity index (χ2n) is 18.8. The van der Waals surface area contributed by atoms with Crippen LogP contribution < -0.4 is 11.1 Å². The van der Waals surface area contributed by atoms with Crippen LogP contribution in [0, 0.1) is 0 Å². The number of carbonyl (C=O) groups is 2. The van der Waals surface area contributed by atoms with Gasteiger partial charge in [0.1, 0.15) is 0 Å². The lowest BCUT2D eigenvalue weighted by molar-refractivity contribution is -0.144. The maximum atomic E-state index is 12.0. The Morgan fingerprint density at radius 2 is 0.820 bits per heavy atom. The number of nitrogens with one attached hydrogen (secondary N) is 1. The van der Waals surface area contributed by atoms with E-state index in [0.717, 1.165) is 51.5 Å². The van der Waals surface area contributed by atoms with Crippen LogP contribution in [0.5, 0.6) is 0 Å². The molecule has 0 bridgehead atoms. The van der Waals surface area contributed by atoms with Crippen LogP contribution in [0.15, 0.2) is 24.3 Å². The van der Waals surface area contributed by atoms with E-state index in [1.165, 1.54) is 218 Å². The molecule has 6 nitrogen and oxygen atoms in total. The molecule has 0 aliphatic heterocycles. The molecule has 0 aliphatic carbocycles. The number of aliphatic carboxylic acids is 1. The van der Waals surface area contributed by atoms with Gasteiger partial charge in [0.15, 0.2) is 0 Å². The number of carboxylic acid groups (broad SMARTS) is 1. The number of hydrogen-bond donors (Lipinski definition) is 3. The molecule has 2 atom stereocenters. The first kappa shape index (κ1) is 59.3. The van der Waals surface area contributed by atoms with Crippen molar-refractivity contribution >= 4 is 11.9 Å². The molecular weight excluding hydrogens is 753 g/mol. The molecule has 2 unspecified atom stereocenters. The Balaban J connectivity index is 3.42. The van der Waals surface area contributed by atoms with E-state index in [-0.39, 0.29) is 12.0 Å². The highest BCUT2D eigenvalue weighted by Gasteiger charge is 2.12. The van der Waals surface area contributed by atoms with E-state index < -0.39 is 5.97 Å². The molecular formula is C55H106N2O4. The van der Waals surface area contributed by atoms with E-state index in [1.807, 2.05) is 0 Å². The monoisotopic (exact) mass is 859 g/mol. The highest BCUT2D eigenvalue weighted by atomic mass is 16.5. The minimum atomic E-state index is -0.670. The minimum Gasteiger partial charge on any atom is -0.481 e. The second-order valence-corrected chi connectivity index (χ2v) is 18.8. The van der Waals surface area contributed by atoms with E-state index in [4.69, 9.17) is 15.6 Å². The van der Waals surface area contributed by atoms with Gasteiger partial charge in [-0.2, -0.15) is 0 Å². The maximum absolute atomic E-state index is 12.0. The van der Waals surface area contributed by atoms with E-state index >= 15 is 0 Å². The summed E-state index contributed by atoms with van der Waals surface area (Å²) in [4.78, 5) is 22.6. The Morgan fingerprint density at radius 3 is 1.23 bits per heavy atom. The van der Waals surface area contributed by atoms with Gasteiger partial charge in [0, 0.05) is 24.9 Å². The van der Waals surface area contributed by atoms with Crippen LogP contribution in [0.2, 0.25) is 0 Å². The molecule has 0 heterocycles. The molecule has 0 aromatic heterocycles. The summed E-state index contributed by atoms with van der Waals surface area (Å²) < 4.78 is 5.47. The van der Waals surface area contributed by atoms with Crippen LogP contribution in [-0.4, -0.2) is 42.3 Å². The molecule has 0 aromatic carbocycles. The first-order chi connectivity index (χ1) is 30.0. The van der Waals surface area contributed by atoms with Gasteiger partial charge in [-0.05, 0) is 96.9 Å². The van der Waals surface area contributed by atoms with Crippen LogP contribution in [0.4, 0.5) is 0 Å². The predicted octanol–water partition coefficient (Wildman–Crippen LogP) is 16.8. The number of allylic oxidation sites excluding steroid dienone is 4. The van der Waals surface area contributed by atoms with Gasteiger partial charge in [-0.25, -0.2) is 0 Å². The number of ether oxygens (including phenoxy) is 1. The first-order valence-corrected chi connectivity index (χ1v) is 27.1. The zero-order valence-corrected chi connectivity index (χ0v) is 41.0. The van der Waals surface area contributed by atoms with Crippen LogP contribution >= 0.6 is 0 Å². The Labute approximate surface area is 380 Å². The van der Waals surface area contributed by atoms with Crippen molar-refractivity contribution in [2.24, 2.45) is 5.73 Å². The summed E-state index contributed by atoms with van der Waals surface area (Å²) in [6, 6.07) is 0.665. The normalized spacial score (nSPS) is 12.8. The summed E-state index contributed by atoms with van der Waals surface area (Å²) in [6.45, 7) is 6.16. The van der Waals surface area contributed by atoms with Gasteiger partial charge < -0.3 is 20.9 Å². The molecule has 0 saturated carbocycles. The van der Waals surface area contributed by atoms with Crippen molar-refractivity contribution in [1.29, 1.82) is 0 Å². The van der Waals surface area contributed by atoms with Gasteiger partial charge in [-0.15, -0.1) is 0 Å². The van der Waals surface area contributed by atoms with E-state index in [1.54, 1.807) is 0 Å². The average molecular weight is 859 g/mol. The van der Waals surface area contributed by atoms with E-state index in [2.05, 4.69) is 43.5 Å². The van der Waals surface area contributed by atoms with E-state index in [9.17, 15) is 9.59 Å². The third-order valence-corrected chi connectivity index (χ3v) is 12.6. The van der Waals surface area contributed by atoms with Gasteiger partial charge >= 0.3 is 11.9 Å². The van der Waals surface area contributed by atoms with Crippen molar-refractivity contribution in [3.05, 3.63) is 24.3 Å². The molecule has 360 valence electrons. The topological polar surface area (TPSA) is 102 Å². The van der Waals surface area contributed by atoms with Crippen LogP contribution in [0.3, 0.4) is 0 Å². The summed E-state index contributed by atoms with van der Waals surface area (Å²) in [5.74, 6) is -0.663. The van der Waals surface area contributed by atoms with Gasteiger partial charge in [-0.1, -0.05) is 211 Å². The Kier molecular flexibility index (Phi) is 49.6. The standard InChI is InChI=1S/C55H106N2O4/c1-3-4-5-6-7-8-9-10-21-26-31-36-41-46-51-61-55(60)49-44-39-34-29-24-19-15-12-16-20-25-30-35-40-45-50-57-53(52(2)56)47-42-37-32-27-22-17-13-11-14-18-23-28-33-38-43-48-54(58)59/h11-12,14-15,52-53,57H,3-10,13,16-51,56H2,1-2H3,(H,58,59). The molecule has 0 radical (unpaired) electrons. The SMILES string of the molecule is CCCCCCCCCCCCCCCCOC(=O)CCCCCCCC=CCCCCCCCCNC(CCCCCCCCC=CCCCCCCCC(=O)O)C(C)N. The number of unbranched alkanes of at least 4 members (excludes halogenated alkanes) is 35. The fourth-order valence-corrected chi connectivity index (χ4v) is 8.42. The highest BCUT2D eigenvalue weighted by Crippen LogP contribution is 2.16. The van der Waals surface area contributed by atoms with Crippen LogP contribution in [0.1, 0.15) is 290 Å². The molecule has 61 heavy (non-hydrogen) atoms. The zero-order chi connectivity index (χ0) is 44.4. The second kappa shape index (κ2) is 51.0. The zero-order valence-electron chi connectivity index (χ0n) is 41.0. The molecule has 0 amide bonds. The summed E-state index contributed by atoms with van der Waals surface area (Å²) in [5.41, 5.74) is 6.33. The molecule has 0 saturated heterocycles. The highest BCUT2D eigenvalue weighted by molar-refractivity contribution is 5.69. The lowest BCUT2D eigenvalue weighted by atomic mass is 10.0. The third-order valence-electron chi connectivity index (χ3n) is 12.6.